The first-order valence-corrected chi connectivity index (χ1v) is 7.07. The minimum Gasteiger partial charge on any atom is -0.314 e. The fraction of sp³-hybridized carbons (Fsp3) is 1.00. The molecule has 0 saturated carbocycles. The average Bonchev–Trinajstić information content (AvgIpc) is 2.19. The molecular formula is C11H22N2S. The van der Waals surface area contributed by atoms with E-state index in [0.717, 1.165) is 12.1 Å². The van der Waals surface area contributed by atoms with Crippen LogP contribution in [-0.4, -0.2) is 36.2 Å². The lowest BCUT2D eigenvalue weighted by molar-refractivity contribution is 0.306. The van der Waals surface area contributed by atoms with Gasteiger partial charge in [-0.3, -0.25) is 0 Å². The summed E-state index contributed by atoms with van der Waals surface area (Å²) in [5.74, 6) is 2.71. The first-order valence-electron chi connectivity index (χ1n) is 5.92. The van der Waals surface area contributed by atoms with Gasteiger partial charge in [-0.2, -0.15) is 11.8 Å². The topological polar surface area (TPSA) is 24.1 Å². The highest BCUT2D eigenvalue weighted by atomic mass is 32.2. The van der Waals surface area contributed by atoms with E-state index in [1.807, 2.05) is 0 Å². The van der Waals surface area contributed by atoms with Crippen LogP contribution in [0.15, 0.2) is 0 Å². The third-order valence-corrected chi connectivity index (χ3v) is 4.47. The van der Waals surface area contributed by atoms with Crippen molar-refractivity contribution in [2.24, 2.45) is 0 Å². The first kappa shape index (κ1) is 10.8. The van der Waals surface area contributed by atoms with Crippen molar-refractivity contribution in [1.29, 1.82) is 0 Å². The number of rotatable bonds is 2. The molecule has 0 bridgehead atoms. The summed E-state index contributed by atoms with van der Waals surface area (Å²) in [6.45, 7) is 3.49. The minimum atomic E-state index is 0.706. The summed E-state index contributed by atoms with van der Waals surface area (Å²) in [5.41, 5.74) is 0. The van der Waals surface area contributed by atoms with Crippen molar-refractivity contribution >= 4 is 11.8 Å². The van der Waals surface area contributed by atoms with Gasteiger partial charge in [-0.05, 0) is 44.9 Å². The van der Waals surface area contributed by atoms with E-state index in [1.165, 1.54) is 43.7 Å². The Morgan fingerprint density at radius 2 is 2.21 bits per heavy atom. The second-order valence-corrected chi connectivity index (χ2v) is 5.81. The summed E-state index contributed by atoms with van der Waals surface area (Å²) < 4.78 is 0. The maximum absolute atomic E-state index is 3.83. The SMILES string of the molecule is CC1CC(NC2CCCSC2)CCN1. The molecule has 0 aromatic heterocycles. The molecule has 0 amide bonds. The molecule has 2 aliphatic heterocycles. The molecule has 0 radical (unpaired) electrons. The lowest BCUT2D eigenvalue weighted by Gasteiger charge is -2.33. The van der Waals surface area contributed by atoms with Crippen LogP contribution in [0.25, 0.3) is 0 Å². The third kappa shape index (κ3) is 3.14. The number of piperidine rings is 1. The maximum atomic E-state index is 3.83. The molecule has 82 valence electrons. The van der Waals surface area contributed by atoms with Gasteiger partial charge in [0.2, 0.25) is 0 Å². The fourth-order valence-corrected chi connectivity index (χ4v) is 3.57. The van der Waals surface area contributed by atoms with E-state index in [9.17, 15) is 0 Å². The van der Waals surface area contributed by atoms with Crippen molar-refractivity contribution in [3.8, 4) is 0 Å². The van der Waals surface area contributed by atoms with Crippen molar-refractivity contribution in [3.05, 3.63) is 0 Å². The molecule has 0 aliphatic carbocycles. The van der Waals surface area contributed by atoms with Gasteiger partial charge in [-0.15, -0.1) is 0 Å². The van der Waals surface area contributed by atoms with Crippen LogP contribution in [0.5, 0.6) is 0 Å². The van der Waals surface area contributed by atoms with E-state index < -0.39 is 0 Å². The van der Waals surface area contributed by atoms with E-state index in [1.54, 1.807) is 0 Å². The van der Waals surface area contributed by atoms with Gasteiger partial charge in [0.1, 0.15) is 0 Å². The lowest BCUT2D eigenvalue weighted by Crippen LogP contribution is -2.49. The molecule has 2 aliphatic rings. The van der Waals surface area contributed by atoms with Crippen LogP contribution in [0.2, 0.25) is 0 Å². The molecule has 2 N–H and O–H groups in total. The van der Waals surface area contributed by atoms with Crippen LogP contribution in [-0.2, 0) is 0 Å². The number of thioether (sulfide) groups is 1. The molecule has 0 aromatic carbocycles. The third-order valence-electron chi connectivity index (χ3n) is 3.26. The Bertz CT molecular complexity index is 169. The Labute approximate surface area is 91.6 Å². The number of hydrogen-bond donors (Lipinski definition) is 2. The molecular weight excluding hydrogens is 192 g/mol. The van der Waals surface area contributed by atoms with Gasteiger partial charge in [0.25, 0.3) is 0 Å². The van der Waals surface area contributed by atoms with E-state index in [4.69, 9.17) is 0 Å². The molecule has 3 atom stereocenters. The second kappa shape index (κ2) is 5.38. The molecule has 2 heterocycles. The second-order valence-electron chi connectivity index (χ2n) is 4.66. The molecule has 2 nitrogen and oxygen atoms in total. The van der Waals surface area contributed by atoms with E-state index in [0.29, 0.717) is 6.04 Å². The monoisotopic (exact) mass is 214 g/mol. The Morgan fingerprint density at radius 1 is 1.29 bits per heavy atom. The van der Waals surface area contributed by atoms with Crippen LogP contribution in [0, 0.1) is 0 Å². The Kier molecular flexibility index (Phi) is 4.14. The van der Waals surface area contributed by atoms with Gasteiger partial charge >= 0.3 is 0 Å². The zero-order valence-corrected chi connectivity index (χ0v) is 9.91. The Balaban J connectivity index is 1.72. The highest BCUT2D eigenvalue weighted by Crippen LogP contribution is 2.19. The van der Waals surface area contributed by atoms with Gasteiger partial charge in [0.15, 0.2) is 0 Å². The minimum absolute atomic E-state index is 0.706. The zero-order chi connectivity index (χ0) is 9.80. The largest absolute Gasteiger partial charge is 0.314 e. The summed E-state index contributed by atoms with van der Waals surface area (Å²) in [6, 6.07) is 2.27. The molecule has 3 heteroatoms. The van der Waals surface area contributed by atoms with Crippen LogP contribution in [0.3, 0.4) is 0 Å². The highest BCUT2D eigenvalue weighted by Gasteiger charge is 2.22. The summed E-state index contributed by atoms with van der Waals surface area (Å²) in [5, 5.41) is 7.33. The zero-order valence-electron chi connectivity index (χ0n) is 9.09. The average molecular weight is 214 g/mol. The van der Waals surface area contributed by atoms with Crippen LogP contribution in [0.1, 0.15) is 32.6 Å². The molecule has 14 heavy (non-hydrogen) atoms. The van der Waals surface area contributed by atoms with Crippen molar-refractivity contribution < 1.29 is 0 Å². The van der Waals surface area contributed by atoms with Gasteiger partial charge in [0, 0.05) is 23.9 Å². The molecule has 2 fully saturated rings. The smallest absolute Gasteiger partial charge is 0.0161 e. The van der Waals surface area contributed by atoms with Crippen molar-refractivity contribution in [3.63, 3.8) is 0 Å². The summed E-state index contributed by atoms with van der Waals surface area (Å²) in [7, 11) is 0. The maximum Gasteiger partial charge on any atom is 0.0161 e. The van der Waals surface area contributed by atoms with Crippen molar-refractivity contribution in [1.82, 2.24) is 10.6 Å². The Hall–Kier alpha value is 0.270. The standard InChI is InChI=1S/C11H22N2S/c1-9-7-10(4-5-12-9)13-11-3-2-6-14-8-11/h9-13H,2-8H2,1H3. The molecule has 0 spiro atoms. The van der Waals surface area contributed by atoms with Gasteiger partial charge < -0.3 is 10.6 Å². The summed E-state index contributed by atoms with van der Waals surface area (Å²) in [6.07, 6.45) is 5.42. The summed E-state index contributed by atoms with van der Waals surface area (Å²) >= 11 is 2.11. The van der Waals surface area contributed by atoms with E-state index in [-0.39, 0.29) is 0 Å². The highest BCUT2D eigenvalue weighted by molar-refractivity contribution is 7.99. The fourth-order valence-electron chi connectivity index (χ4n) is 2.49. The van der Waals surface area contributed by atoms with E-state index in [2.05, 4.69) is 29.3 Å². The molecule has 3 unspecified atom stereocenters. The van der Waals surface area contributed by atoms with Gasteiger partial charge in [-0.25, -0.2) is 0 Å². The van der Waals surface area contributed by atoms with E-state index >= 15 is 0 Å². The number of nitrogens with one attached hydrogen (secondary N) is 2. The molecule has 2 rings (SSSR count). The predicted octanol–water partition coefficient (Wildman–Crippen LogP) is 1.61. The van der Waals surface area contributed by atoms with Gasteiger partial charge in [0.05, 0.1) is 0 Å². The number of hydrogen-bond acceptors (Lipinski definition) is 3. The quantitative estimate of drug-likeness (QED) is 0.730. The van der Waals surface area contributed by atoms with Crippen LogP contribution >= 0.6 is 11.8 Å². The van der Waals surface area contributed by atoms with Crippen molar-refractivity contribution in [2.75, 3.05) is 18.1 Å². The lowest BCUT2D eigenvalue weighted by atomic mass is 9.99. The Morgan fingerprint density at radius 3 is 2.93 bits per heavy atom. The van der Waals surface area contributed by atoms with Gasteiger partial charge in [-0.1, -0.05) is 0 Å². The first-order chi connectivity index (χ1) is 6.84. The normalized spacial score (nSPS) is 39.6. The summed E-state index contributed by atoms with van der Waals surface area (Å²) in [4.78, 5) is 0. The van der Waals surface area contributed by atoms with Crippen molar-refractivity contribution in [2.45, 2.75) is 50.7 Å². The molecule has 0 aromatic rings. The van der Waals surface area contributed by atoms with Crippen LogP contribution < -0.4 is 10.6 Å². The predicted molar refractivity (Wildman–Crippen MR) is 64.0 cm³/mol. The van der Waals surface area contributed by atoms with Crippen LogP contribution in [0.4, 0.5) is 0 Å². The molecule has 2 saturated heterocycles.